The lowest BCUT2D eigenvalue weighted by Gasteiger charge is -2.11. The molecule has 1 aromatic heterocycles. The fraction of sp³-hybridized carbons (Fsp3) is 0.294. The van der Waals surface area contributed by atoms with Gasteiger partial charge in [-0.05, 0) is 30.7 Å². The summed E-state index contributed by atoms with van der Waals surface area (Å²) in [6, 6.07) is 10.5. The first kappa shape index (κ1) is 18.9. The smallest absolute Gasteiger partial charge is 0.235 e. The summed E-state index contributed by atoms with van der Waals surface area (Å²) in [7, 11) is -3.65. The average molecular weight is 363 g/mol. The summed E-state index contributed by atoms with van der Waals surface area (Å²) >= 11 is 0. The summed E-state index contributed by atoms with van der Waals surface area (Å²) in [6.45, 7) is 2.28. The number of ether oxygens (including phenoxy) is 1. The molecule has 2 N–H and O–H groups in total. The molecule has 0 spiro atoms. The van der Waals surface area contributed by atoms with Gasteiger partial charge in [0.25, 0.3) is 0 Å². The minimum atomic E-state index is -3.65. The third kappa shape index (κ3) is 6.52. The lowest BCUT2D eigenvalue weighted by molar-refractivity contribution is -0.120. The van der Waals surface area contributed by atoms with Crippen molar-refractivity contribution in [2.24, 2.45) is 0 Å². The molecular formula is C17H21N3O4S. The number of benzene rings is 1. The molecule has 2 rings (SSSR count). The minimum absolute atomic E-state index is 0.249. The normalized spacial score (nSPS) is 11.1. The topological polar surface area (TPSA) is 97.4 Å². The molecule has 25 heavy (non-hydrogen) atoms. The van der Waals surface area contributed by atoms with Gasteiger partial charge in [0.1, 0.15) is 5.75 Å². The number of hydrogen-bond donors (Lipinski definition) is 2. The van der Waals surface area contributed by atoms with Crippen LogP contribution in [0.3, 0.4) is 0 Å². The minimum Gasteiger partial charge on any atom is -0.494 e. The SMILES string of the molecule is CCOc1ccccc1CS(=O)(=O)NCC(=O)NCc1ccncc1. The van der Waals surface area contributed by atoms with E-state index >= 15 is 0 Å². The highest BCUT2D eigenvalue weighted by atomic mass is 32.2. The molecule has 0 saturated carbocycles. The van der Waals surface area contributed by atoms with Gasteiger partial charge in [-0.15, -0.1) is 0 Å². The molecule has 1 heterocycles. The van der Waals surface area contributed by atoms with Gasteiger partial charge in [0.2, 0.25) is 15.9 Å². The molecule has 0 aliphatic carbocycles. The molecule has 0 radical (unpaired) electrons. The largest absolute Gasteiger partial charge is 0.494 e. The number of hydrogen-bond acceptors (Lipinski definition) is 5. The number of amides is 1. The second-order valence-electron chi connectivity index (χ2n) is 5.25. The van der Waals surface area contributed by atoms with Crippen molar-refractivity contribution in [2.75, 3.05) is 13.2 Å². The number of carbonyl (C=O) groups excluding carboxylic acids is 1. The van der Waals surface area contributed by atoms with Crippen molar-refractivity contribution in [3.05, 3.63) is 59.9 Å². The van der Waals surface area contributed by atoms with Gasteiger partial charge in [-0.25, -0.2) is 13.1 Å². The first-order chi connectivity index (χ1) is 12.0. The summed E-state index contributed by atoms with van der Waals surface area (Å²) in [4.78, 5) is 15.7. The van der Waals surface area contributed by atoms with Crippen LogP contribution in [0.15, 0.2) is 48.8 Å². The number of sulfonamides is 1. The van der Waals surface area contributed by atoms with Gasteiger partial charge in [-0.3, -0.25) is 9.78 Å². The summed E-state index contributed by atoms with van der Waals surface area (Å²) in [5.41, 5.74) is 1.44. The van der Waals surface area contributed by atoms with Gasteiger partial charge in [0.15, 0.2) is 0 Å². The Kier molecular flexibility index (Phi) is 6.91. The van der Waals surface area contributed by atoms with Gasteiger partial charge in [-0.2, -0.15) is 0 Å². The molecule has 0 fully saturated rings. The molecule has 2 aromatic rings. The Balaban J connectivity index is 1.86. The Morgan fingerprint density at radius 2 is 1.88 bits per heavy atom. The lowest BCUT2D eigenvalue weighted by Crippen LogP contribution is -2.37. The van der Waals surface area contributed by atoms with Crippen molar-refractivity contribution in [1.29, 1.82) is 0 Å². The van der Waals surface area contributed by atoms with Crippen LogP contribution in [0, 0.1) is 0 Å². The molecule has 0 aliphatic heterocycles. The van der Waals surface area contributed by atoms with E-state index in [-0.39, 0.29) is 12.3 Å². The van der Waals surface area contributed by atoms with Crippen LogP contribution in [0.1, 0.15) is 18.1 Å². The van der Waals surface area contributed by atoms with Crippen molar-refractivity contribution in [1.82, 2.24) is 15.0 Å². The first-order valence-corrected chi connectivity index (χ1v) is 9.49. The zero-order chi connectivity index (χ0) is 18.1. The average Bonchev–Trinajstić information content (AvgIpc) is 2.61. The summed E-state index contributed by atoms with van der Waals surface area (Å²) in [5.74, 6) is -0.128. The van der Waals surface area contributed by atoms with Crippen molar-refractivity contribution in [3.8, 4) is 5.75 Å². The molecule has 0 aliphatic rings. The second-order valence-corrected chi connectivity index (χ2v) is 7.06. The lowest BCUT2D eigenvalue weighted by atomic mass is 10.2. The predicted molar refractivity (Wildman–Crippen MR) is 94.3 cm³/mol. The van der Waals surface area contributed by atoms with Gasteiger partial charge in [0, 0.05) is 24.5 Å². The van der Waals surface area contributed by atoms with Crippen LogP contribution in [0.25, 0.3) is 0 Å². The number of nitrogens with one attached hydrogen (secondary N) is 2. The quantitative estimate of drug-likeness (QED) is 0.698. The zero-order valence-electron chi connectivity index (χ0n) is 13.9. The Morgan fingerprint density at radius 3 is 2.60 bits per heavy atom. The first-order valence-electron chi connectivity index (χ1n) is 7.84. The maximum absolute atomic E-state index is 12.2. The summed E-state index contributed by atoms with van der Waals surface area (Å²) in [5, 5.41) is 2.65. The van der Waals surface area contributed by atoms with Gasteiger partial charge < -0.3 is 10.1 Å². The summed E-state index contributed by atoms with van der Waals surface area (Å²) < 4.78 is 32.1. The molecule has 7 nitrogen and oxygen atoms in total. The maximum Gasteiger partial charge on any atom is 0.235 e. The highest BCUT2D eigenvalue weighted by Gasteiger charge is 2.16. The van der Waals surface area contributed by atoms with Crippen LogP contribution >= 0.6 is 0 Å². The van der Waals surface area contributed by atoms with E-state index in [1.54, 1.807) is 48.8 Å². The third-order valence-electron chi connectivity index (χ3n) is 3.31. The van der Waals surface area contributed by atoms with E-state index in [2.05, 4.69) is 15.0 Å². The maximum atomic E-state index is 12.2. The van der Waals surface area contributed by atoms with E-state index in [1.807, 2.05) is 6.92 Å². The molecule has 0 saturated heterocycles. The zero-order valence-corrected chi connectivity index (χ0v) is 14.8. The number of nitrogens with zero attached hydrogens (tertiary/aromatic N) is 1. The predicted octanol–water partition coefficient (Wildman–Crippen LogP) is 1.22. The second kappa shape index (κ2) is 9.14. The van der Waals surface area contributed by atoms with Crippen LogP contribution in [-0.2, 0) is 27.1 Å². The molecule has 0 bridgehead atoms. The standard InChI is InChI=1S/C17H21N3O4S/c1-2-24-16-6-4-3-5-15(16)13-25(22,23)20-12-17(21)19-11-14-7-9-18-10-8-14/h3-10,20H,2,11-13H2,1H3,(H,19,21). The fourth-order valence-electron chi connectivity index (χ4n) is 2.11. The van der Waals surface area contributed by atoms with Gasteiger partial charge >= 0.3 is 0 Å². The number of rotatable bonds is 9. The van der Waals surface area contributed by atoms with Crippen molar-refractivity contribution >= 4 is 15.9 Å². The van der Waals surface area contributed by atoms with Crippen molar-refractivity contribution < 1.29 is 17.9 Å². The molecule has 134 valence electrons. The molecular weight excluding hydrogens is 342 g/mol. The molecule has 0 atom stereocenters. The highest BCUT2D eigenvalue weighted by molar-refractivity contribution is 7.88. The van der Waals surface area contributed by atoms with E-state index in [0.717, 1.165) is 5.56 Å². The number of pyridine rings is 1. The van der Waals surface area contributed by atoms with Crippen LogP contribution in [0.4, 0.5) is 0 Å². The van der Waals surface area contributed by atoms with Gasteiger partial charge in [-0.1, -0.05) is 18.2 Å². The van der Waals surface area contributed by atoms with Crippen LogP contribution in [-0.4, -0.2) is 32.5 Å². The van der Waals surface area contributed by atoms with Gasteiger partial charge in [0.05, 0.1) is 18.9 Å². The Bertz CT molecular complexity index is 795. The van der Waals surface area contributed by atoms with E-state index in [1.165, 1.54) is 0 Å². The van der Waals surface area contributed by atoms with Crippen LogP contribution in [0.2, 0.25) is 0 Å². The van der Waals surface area contributed by atoms with E-state index < -0.39 is 15.9 Å². The number of aromatic nitrogens is 1. The van der Waals surface area contributed by atoms with Crippen LogP contribution < -0.4 is 14.8 Å². The Labute approximate surface area is 147 Å². The summed E-state index contributed by atoms with van der Waals surface area (Å²) in [6.07, 6.45) is 3.25. The van der Waals surface area contributed by atoms with E-state index in [4.69, 9.17) is 4.74 Å². The van der Waals surface area contributed by atoms with E-state index in [9.17, 15) is 13.2 Å². The molecule has 8 heteroatoms. The molecule has 1 aromatic carbocycles. The molecule has 0 unspecified atom stereocenters. The fourth-order valence-corrected chi connectivity index (χ4v) is 3.22. The Morgan fingerprint density at radius 1 is 1.16 bits per heavy atom. The number of para-hydroxylation sites is 1. The number of carbonyl (C=O) groups is 1. The molecule has 1 amide bonds. The van der Waals surface area contributed by atoms with Crippen molar-refractivity contribution in [2.45, 2.75) is 19.2 Å². The van der Waals surface area contributed by atoms with Crippen molar-refractivity contribution in [3.63, 3.8) is 0 Å². The highest BCUT2D eigenvalue weighted by Crippen LogP contribution is 2.19. The van der Waals surface area contributed by atoms with E-state index in [0.29, 0.717) is 24.5 Å². The third-order valence-corrected chi connectivity index (χ3v) is 4.58. The van der Waals surface area contributed by atoms with Crippen LogP contribution in [0.5, 0.6) is 5.75 Å². The Hall–Kier alpha value is -2.45. The monoisotopic (exact) mass is 363 g/mol.